The number of carbonyl (C=O) groups excluding carboxylic acids is 1. The molecule has 0 atom stereocenters. The summed E-state index contributed by atoms with van der Waals surface area (Å²) in [5.74, 6) is -0.0139. The summed E-state index contributed by atoms with van der Waals surface area (Å²) in [4.78, 5) is 13.6. The third-order valence-corrected chi connectivity index (χ3v) is 3.99. The molecular weight excluding hydrogens is 326 g/mol. The maximum atomic E-state index is 12.2. The van der Waals surface area contributed by atoms with Gasteiger partial charge in [-0.1, -0.05) is 54.6 Å². The van der Waals surface area contributed by atoms with E-state index in [0.29, 0.717) is 11.3 Å². The molecule has 0 amide bonds. The molecular formula is C21H15N3O2. The number of ketones is 1. The van der Waals surface area contributed by atoms with Gasteiger partial charge in [-0.3, -0.25) is 4.79 Å². The van der Waals surface area contributed by atoms with E-state index in [2.05, 4.69) is 10.2 Å². The van der Waals surface area contributed by atoms with Crippen molar-refractivity contribution in [3.05, 3.63) is 90.0 Å². The zero-order valence-electron chi connectivity index (χ0n) is 13.8. The second-order valence-electron chi connectivity index (χ2n) is 5.79. The van der Waals surface area contributed by atoms with Gasteiger partial charge in [0.25, 0.3) is 0 Å². The van der Waals surface area contributed by atoms with Crippen LogP contribution in [0.25, 0.3) is 22.8 Å². The van der Waals surface area contributed by atoms with E-state index in [4.69, 9.17) is 0 Å². The number of nitrogens with zero attached hydrogens (tertiary/aromatic N) is 3. The van der Waals surface area contributed by atoms with E-state index in [9.17, 15) is 9.90 Å². The molecule has 5 heteroatoms. The predicted octanol–water partition coefficient (Wildman–Crippen LogP) is 4.02. The fraction of sp³-hybridized carbons (Fsp3) is 0. The molecule has 3 aromatic carbocycles. The second kappa shape index (κ2) is 6.64. The van der Waals surface area contributed by atoms with Crippen molar-refractivity contribution >= 4 is 22.9 Å². The minimum Gasteiger partial charge on any atom is -0.506 e. The van der Waals surface area contributed by atoms with Crippen LogP contribution >= 0.6 is 0 Å². The van der Waals surface area contributed by atoms with E-state index < -0.39 is 0 Å². The Balaban J connectivity index is 1.66. The zero-order valence-corrected chi connectivity index (χ0v) is 13.8. The Labute approximate surface area is 149 Å². The summed E-state index contributed by atoms with van der Waals surface area (Å²) in [5.41, 5.74) is 3.33. The molecule has 0 radical (unpaired) electrons. The fourth-order valence-electron chi connectivity index (χ4n) is 2.64. The number of allylic oxidation sites excluding steroid dienone is 1. The molecule has 26 heavy (non-hydrogen) atoms. The Morgan fingerprint density at radius 1 is 0.885 bits per heavy atom. The van der Waals surface area contributed by atoms with Crippen LogP contribution in [0.4, 0.5) is 0 Å². The molecule has 0 unspecified atom stereocenters. The minimum atomic E-state index is -0.0804. The van der Waals surface area contributed by atoms with E-state index in [-0.39, 0.29) is 11.5 Å². The highest BCUT2D eigenvalue weighted by atomic mass is 16.3. The van der Waals surface area contributed by atoms with Crippen molar-refractivity contribution < 1.29 is 9.90 Å². The largest absolute Gasteiger partial charge is 0.506 e. The molecule has 4 aromatic rings. The lowest BCUT2D eigenvalue weighted by molar-refractivity contribution is 0.104. The first-order chi connectivity index (χ1) is 12.7. The van der Waals surface area contributed by atoms with Crippen molar-refractivity contribution in [1.29, 1.82) is 0 Å². The summed E-state index contributed by atoms with van der Waals surface area (Å²) in [5, 5.41) is 18.9. The third kappa shape index (κ3) is 3.10. The first-order valence-electron chi connectivity index (χ1n) is 8.14. The first kappa shape index (κ1) is 15.8. The molecule has 5 nitrogen and oxygen atoms in total. The van der Waals surface area contributed by atoms with Crippen molar-refractivity contribution in [2.24, 2.45) is 0 Å². The maximum absolute atomic E-state index is 12.2. The number of aromatic nitrogens is 3. The molecule has 4 rings (SSSR count). The summed E-state index contributed by atoms with van der Waals surface area (Å²) >= 11 is 0. The van der Waals surface area contributed by atoms with Gasteiger partial charge < -0.3 is 5.11 Å². The van der Waals surface area contributed by atoms with E-state index in [0.717, 1.165) is 16.6 Å². The van der Waals surface area contributed by atoms with E-state index in [1.54, 1.807) is 36.4 Å². The number of benzene rings is 3. The van der Waals surface area contributed by atoms with Gasteiger partial charge >= 0.3 is 0 Å². The van der Waals surface area contributed by atoms with Gasteiger partial charge in [-0.15, -0.1) is 15.0 Å². The van der Waals surface area contributed by atoms with E-state index in [1.165, 1.54) is 10.9 Å². The topological polar surface area (TPSA) is 68.0 Å². The van der Waals surface area contributed by atoms with E-state index in [1.807, 2.05) is 42.5 Å². The normalized spacial score (nSPS) is 11.2. The summed E-state index contributed by atoms with van der Waals surface area (Å²) in [6.07, 6.45) is 3.22. The van der Waals surface area contributed by atoms with Gasteiger partial charge in [0.2, 0.25) is 0 Å². The number of hydrogen-bond acceptors (Lipinski definition) is 4. The van der Waals surface area contributed by atoms with Crippen LogP contribution in [0, 0.1) is 0 Å². The summed E-state index contributed by atoms with van der Waals surface area (Å²) in [6.45, 7) is 0. The molecule has 0 spiro atoms. The second-order valence-corrected chi connectivity index (χ2v) is 5.79. The number of carbonyl (C=O) groups is 1. The Morgan fingerprint density at radius 2 is 1.54 bits per heavy atom. The van der Waals surface area contributed by atoms with Gasteiger partial charge in [0, 0.05) is 5.56 Å². The molecule has 0 bridgehead atoms. The van der Waals surface area contributed by atoms with Crippen LogP contribution in [-0.2, 0) is 0 Å². The smallest absolute Gasteiger partial charge is 0.185 e. The molecule has 0 fully saturated rings. The van der Waals surface area contributed by atoms with Crippen molar-refractivity contribution in [1.82, 2.24) is 15.0 Å². The Morgan fingerprint density at radius 3 is 2.23 bits per heavy atom. The summed E-state index contributed by atoms with van der Waals surface area (Å²) in [7, 11) is 0. The minimum absolute atomic E-state index is 0.0665. The van der Waals surface area contributed by atoms with Gasteiger partial charge in [0.15, 0.2) is 5.78 Å². The Kier molecular flexibility index (Phi) is 4.03. The van der Waals surface area contributed by atoms with Crippen LogP contribution in [0.3, 0.4) is 0 Å². The molecule has 0 aliphatic rings. The number of hydrogen-bond donors (Lipinski definition) is 1. The van der Waals surface area contributed by atoms with Crippen LogP contribution in [0.5, 0.6) is 5.75 Å². The van der Waals surface area contributed by atoms with Crippen molar-refractivity contribution in [3.8, 4) is 11.4 Å². The average molecular weight is 341 g/mol. The summed E-state index contributed by atoms with van der Waals surface area (Å²) < 4.78 is 0. The Hall–Kier alpha value is -3.73. The van der Waals surface area contributed by atoms with Gasteiger partial charge in [-0.25, -0.2) is 0 Å². The lowest BCUT2D eigenvalue weighted by atomic mass is 10.1. The number of fused-ring (bicyclic) bond motifs is 1. The lowest BCUT2D eigenvalue weighted by Crippen LogP contribution is -1.99. The number of aromatic hydroxyl groups is 1. The van der Waals surface area contributed by atoms with Crippen molar-refractivity contribution in [2.45, 2.75) is 0 Å². The average Bonchev–Trinajstić information content (AvgIpc) is 3.11. The van der Waals surface area contributed by atoms with Crippen LogP contribution in [0.2, 0.25) is 0 Å². The Bertz CT molecular complexity index is 1080. The zero-order chi connectivity index (χ0) is 17.9. The molecule has 0 aliphatic heterocycles. The van der Waals surface area contributed by atoms with E-state index >= 15 is 0 Å². The van der Waals surface area contributed by atoms with Crippen LogP contribution in [-0.4, -0.2) is 25.9 Å². The summed E-state index contributed by atoms with van der Waals surface area (Å²) in [6, 6.07) is 21.6. The van der Waals surface area contributed by atoms with Gasteiger partial charge in [0.1, 0.15) is 22.5 Å². The van der Waals surface area contributed by atoms with Crippen LogP contribution < -0.4 is 0 Å². The SMILES string of the molecule is O=C(/C=C/c1ccc(O)c(-n2nc3ccccc3n2)c1)c1ccccc1. The number of phenols is 1. The molecule has 126 valence electrons. The van der Waals surface area contributed by atoms with Gasteiger partial charge in [-0.2, -0.15) is 0 Å². The highest BCUT2D eigenvalue weighted by Crippen LogP contribution is 2.23. The van der Waals surface area contributed by atoms with Crippen molar-refractivity contribution in [3.63, 3.8) is 0 Å². The molecule has 0 saturated carbocycles. The molecule has 0 saturated heterocycles. The monoisotopic (exact) mass is 341 g/mol. The molecule has 1 N–H and O–H groups in total. The standard InChI is InChI=1S/C21H15N3O2/c25-20(16-6-2-1-3-7-16)12-10-15-11-13-21(26)19(14-15)24-22-17-8-4-5-9-18(17)23-24/h1-14,26H/b12-10+. The lowest BCUT2D eigenvalue weighted by Gasteiger charge is -2.04. The number of rotatable bonds is 4. The highest BCUT2D eigenvalue weighted by Gasteiger charge is 2.09. The predicted molar refractivity (Wildman–Crippen MR) is 100 cm³/mol. The highest BCUT2D eigenvalue weighted by molar-refractivity contribution is 6.06. The molecule has 1 aromatic heterocycles. The third-order valence-electron chi connectivity index (χ3n) is 3.99. The van der Waals surface area contributed by atoms with Crippen molar-refractivity contribution in [2.75, 3.05) is 0 Å². The molecule has 0 aliphatic carbocycles. The van der Waals surface area contributed by atoms with Crippen LogP contribution in [0.1, 0.15) is 15.9 Å². The fourth-order valence-corrected chi connectivity index (χ4v) is 2.64. The maximum Gasteiger partial charge on any atom is 0.185 e. The first-order valence-corrected chi connectivity index (χ1v) is 8.14. The van der Waals surface area contributed by atoms with Gasteiger partial charge in [0.05, 0.1) is 0 Å². The van der Waals surface area contributed by atoms with Crippen LogP contribution in [0.15, 0.2) is 78.9 Å². The van der Waals surface area contributed by atoms with Gasteiger partial charge in [-0.05, 0) is 35.9 Å². The number of phenolic OH excluding ortho intramolecular Hbond substituents is 1. The molecule has 1 heterocycles. The quantitative estimate of drug-likeness (QED) is 0.450.